The predicted molar refractivity (Wildman–Crippen MR) is 69.3 cm³/mol. The Balaban J connectivity index is 2.47. The number of rotatable bonds is 3. The van der Waals surface area contributed by atoms with Gasteiger partial charge >= 0.3 is 0 Å². The molecule has 3 nitrogen and oxygen atoms in total. The zero-order chi connectivity index (χ0) is 12.4. The van der Waals surface area contributed by atoms with Crippen LogP contribution in [0, 0.1) is 6.92 Å². The molecule has 3 heteroatoms. The number of nitrogens with zero attached hydrogens (tertiary/aromatic N) is 2. The van der Waals surface area contributed by atoms with E-state index in [9.17, 15) is 0 Å². The fourth-order valence-corrected chi connectivity index (χ4v) is 1.81. The van der Waals surface area contributed by atoms with E-state index in [1.54, 1.807) is 7.11 Å². The zero-order valence-electron chi connectivity index (χ0n) is 10.8. The monoisotopic (exact) mass is 230 g/mol. The Labute approximate surface area is 102 Å². The van der Waals surface area contributed by atoms with E-state index in [1.807, 2.05) is 16.9 Å². The number of hydrogen-bond acceptors (Lipinski definition) is 2. The SMILES string of the molecule is COc1ccc(C)cc1-c1cnn(C(C)C)c1. The molecule has 90 valence electrons. The van der Waals surface area contributed by atoms with Gasteiger partial charge in [0, 0.05) is 23.4 Å². The summed E-state index contributed by atoms with van der Waals surface area (Å²) in [7, 11) is 1.70. The van der Waals surface area contributed by atoms with Gasteiger partial charge in [0.15, 0.2) is 0 Å². The molecule has 0 aliphatic rings. The molecule has 0 saturated heterocycles. The second kappa shape index (κ2) is 4.62. The van der Waals surface area contributed by atoms with E-state index < -0.39 is 0 Å². The third kappa shape index (κ3) is 2.33. The van der Waals surface area contributed by atoms with Crippen LogP contribution in [0.25, 0.3) is 11.1 Å². The van der Waals surface area contributed by atoms with Gasteiger partial charge in [-0.2, -0.15) is 5.10 Å². The Kier molecular flexibility index (Phi) is 3.18. The zero-order valence-corrected chi connectivity index (χ0v) is 10.8. The van der Waals surface area contributed by atoms with Crippen LogP contribution < -0.4 is 4.74 Å². The lowest BCUT2D eigenvalue weighted by atomic mass is 10.1. The van der Waals surface area contributed by atoms with Crippen LogP contribution in [0.4, 0.5) is 0 Å². The molecular formula is C14H18N2O. The minimum atomic E-state index is 0.375. The maximum atomic E-state index is 5.39. The van der Waals surface area contributed by atoms with Gasteiger partial charge in [0.25, 0.3) is 0 Å². The number of ether oxygens (including phenoxy) is 1. The molecule has 0 radical (unpaired) electrons. The highest BCUT2D eigenvalue weighted by Crippen LogP contribution is 2.30. The van der Waals surface area contributed by atoms with Crippen molar-refractivity contribution in [3.63, 3.8) is 0 Å². The summed E-state index contributed by atoms with van der Waals surface area (Å²) in [6.07, 6.45) is 3.94. The van der Waals surface area contributed by atoms with Gasteiger partial charge in [-0.05, 0) is 32.9 Å². The molecule has 2 rings (SSSR count). The molecule has 0 fully saturated rings. The second-order valence-corrected chi connectivity index (χ2v) is 4.51. The molecule has 0 spiro atoms. The van der Waals surface area contributed by atoms with Crippen molar-refractivity contribution in [2.75, 3.05) is 7.11 Å². The summed E-state index contributed by atoms with van der Waals surface area (Å²) in [5, 5.41) is 4.36. The summed E-state index contributed by atoms with van der Waals surface area (Å²) in [4.78, 5) is 0. The van der Waals surface area contributed by atoms with E-state index in [4.69, 9.17) is 4.74 Å². The molecule has 0 unspecified atom stereocenters. The van der Waals surface area contributed by atoms with Crippen molar-refractivity contribution in [2.45, 2.75) is 26.8 Å². The van der Waals surface area contributed by atoms with E-state index >= 15 is 0 Å². The van der Waals surface area contributed by atoms with Gasteiger partial charge in [0.05, 0.1) is 13.3 Å². The summed E-state index contributed by atoms with van der Waals surface area (Å²) in [6.45, 7) is 6.31. The van der Waals surface area contributed by atoms with E-state index in [-0.39, 0.29) is 0 Å². The van der Waals surface area contributed by atoms with Crippen LogP contribution in [0.2, 0.25) is 0 Å². The first-order valence-electron chi connectivity index (χ1n) is 5.81. The van der Waals surface area contributed by atoms with Crippen LogP contribution in [0.5, 0.6) is 5.75 Å². The molecule has 0 bridgehead atoms. The largest absolute Gasteiger partial charge is 0.496 e. The summed E-state index contributed by atoms with van der Waals surface area (Å²) in [5.41, 5.74) is 3.41. The van der Waals surface area contributed by atoms with Crippen molar-refractivity contribution in [1.29, 1.82) is 0 Å². The summed E-state index contributed by atoms with van der Waals surface area (Å²) >= 11 is 0. The lowest BCUT2D eigenvalue weighted by molar-refractivity contribution is 0.416. The Morgan fingerprint density at radius 1 is 1.29 bits per heavy atom. The highest BCUT2D eigenvalue weighted by atomic mass is 16.5. The van der Waals surface area contributed by atoms with Gasteiger partial charge in [0.1, 0.15) is 5.75 Å². The van der Waals surface area contributed by atoms with E-state index in [0.717, 1.165) is 16.9 Å². The highest BCUT2D eigenvalue weighted by Gasteiger charge is 2.09. The van der Waals surface area contributed by atoms with Crippen molar-refractivity contribution in [2.24, 2.45) is 0 Å². The maximum Gasteiger partial charge on any atom is 0.126 e. The van der Waals surface area contributed by atoms with Gasteiger partial charge in [-0.15, -0.1) is 0 Å². The molecule has 0 atom stereocenters. The lowest BCUT2D eigenvalue weighted by Gasteiger charge is -2.08. The number of methoxy groups -OCH3 is 1. The number of benzene rings is 1. The van der Waals surface area contributed by atoms with Crippen molar-refractivity contribution >= 4 is 0 Å². The number of aromatic nitrogens is 2. The topological polar surface area (TPSA) is 27.1 Å². The third-order valence-corrected chi connectivity index (χ3v) is 2.80. The summed E-state index contributed by atoms with van der Waals surface area (Å²) in [5.74, 6) is 0.888. The maximum absolute atomic E-state index is 5.39. The first-order chi connectivity index (χ1) is 8.11. The van der Waals surface area contributed by atoms with Crippen molar-refractivity contribution in [3.05, 3.63) is 36.2 Å². The Morgan fingerprint density at radius 3 is 2.65 bits per heavy atom. The fourth-order valence-electron chi connectivity index (χ4n) is 1.81. The highest BCUT2D eigenvalue weighted by molar-refractivity contribution is 5.70. The van der Waals surface area contributed by atoms with Gasteiger partial charge in [-0.1, -0.05) is 11.6 Å². The average Bonchev–Trinajstić information content (AvgIpc) is 2.78. The van der Waals surface area contributed by atoms with E-state index in [1.165, 1.54) is 5.56 Å². The van der Waals surface area contributed by atoms with Gasteiger partial charge in [-0.25, -0.2) is 0 Å². The molecule has 0 N–H and O–H groups in total. The molecular weight excluding hydrogens is 212 g/mol. The van der Waals surface area contributed by atoms with Gasteiger partial charge < -0.3 is 4.74 Å². The van der Waals surface area contributed by atoms with Gasteiger partial charge in [0.2, 0.25) is 0 Å². The molecule has 1 aromatic carbocycles. The average molecular weight is 230 g/mol. The minimum Gasteiger partial charge on any atom is -0.496 e. The standard InChI is InChI=1S/C14H18N2O/c1-10(2)16-9-12(8-15-16)13-7-11(3)5-6-14(13)17-4/h5-10H,1-4H3. The van der Waals surface area contributed by atoms with E-state index in [0.29, 0.717) is 6.04 Å². The van der Waals surface area contributed by atoms with Crippen molar-refractivity contribution in [1.82, 2.24) is 9.78 Å². The molecule has 0 saturated carbocycles. The first kappa shape index (κ1) is 11.7. The molecule has 0 aliphatic heterocycles. The van der Waals surface area contributed by atoms with Crippen LogP contribution in [0.3, 0.4) is 0 Å². The molecule has 0 amide bonds. The fraction of sp³-hybridized carbons (Fsp3) is 0.357. The smallest absolute Gasteiger partial charge is 0.126 e. The van der Waals surface area contributed by atoms with E-state index in [2.05, 4.69) is 44.2 Å². The minimum absolute atomic E-state index is 0.375. The first-order valence-corrected chi connectivity index (χ1v) is 5.81. The molecule has 2 aromatic rings. The van der Waals surface area contributed by atoms with Crippen molar-refractivity contribution < 1.29 is 4.74 Å². The van der Waals surface area contributed by atoms with Crippen LogP contribution in [-0.2, 0) is 0 Å². The normalized spacial score (nSPS) is 10.9. The summed E-state index contributed by atoms with van der Waals surface area (Å²) in [6, 6.07) is 6.55. The second-order valence-electron chi connectivity index (χ2n) is 4.51. The quantitative estimate of drug-likeness (QED) is 0.807. The van der Waals surface area contributed by atoms with Crippen molar-refractivity contribution in [3.8, 4) is 16.9 Å². The Bertz CT molecular complexity index is 515. The third-order valence-electron chi connectivity index (χ3n) is 2.80. The van der Waals surface area contributed by atoms with Crippen LogP contribution in [0.1, 0.15) is 25.5 Å². The molecule has 1 heterocycles. The van der Waals surface area contributed by atoms with Crippen LogP contribution >= 0.6 is 0 Å². The number of aryl methyl sites for hydroxylation is 1. The predicted octanol–water partition coefficient (Wildman–Crippen LogP) is 3.45. The molecule has 17 heavy (non-hydrogen) atoms. The van der Waals surface area contributed by atoms with Crippen LogP contribution in [-0.4, -0.2) is 16.9 Å². The van der Waals surface area contributed by atoms with Crippen LogP contribution in [0.15, 0.2) is 30.6 Å². The Morgan fingerprint density at radius 2 is 2.06 bits per heavy atom. The molecule has 0 aliphatic carbocycles. The Hall–Kier alpha value is -1.77. The van der Waals surface area contributed by atoms with Gasteiger partial charge in [-0.3, -0.25) is 4.68 Å². The number of hydrogen-bond donors (Lipinski definition) is 0. The molecule has 1 aromatic heterocycles. The lowest BCUT2D eigenvalue weighted by Crippen LogP contribution is -1.99. The summed E-state index contributed by atoms with van der Waals surface area (Å²) < 4.78 is 7.34.